The first-order chi connectivity index (χ1) is 12.6. The van der Waals surface area contributed by atoms with Gasteiger partial charge in [0.2, 0.25) is 5.91 Å². The van der Waals surface area contributed by atoms with E-state index in [4.69, 9.17) is 9.47 Å². The summed E-state index contributed by atoms with van der Waals surface area (Å²) in [6, 6.07) is 13.9. The molecule has 0 saturated heterocycles. The molecule has 2 rings (SSSR count). The Bertz CT molecular complexity index is 749. The van der Waals surface area contributed by atoms with E-state index in [-0.39, 0.29) is 18.4 Å². The van der Waals surface area contributed by atoms with Gasteiger partial charge in [0, 0.05) is 25.4 Å². The van der Waals surface area contributed by atoms with Crippen LogP contribution < -0.4 is 20.7 Å². The van der Waals surface area contributed by atoms with E-state index in [2.05, 4.69) is 16.0 Å². The Balaban J connectivity index is 2.02. The van der Waals surface area contributed by atoms with Gasteiger partial charge in [0.1, 0.15) is 5.75 Å². The predicted octanol–water partition coefficient (Wildman–Crippen LogP) is 2.12. The molecule has 2 amide bonds. The van der Waals surface area contributed by atoms with E-state index in [1.807, 2.05) is 0 Å². The number of anilines is 2. The van der Waals surface area contributed by atoms with E-state index >= 15 is 0 Å². The molecule has 7 nitrogen and oxygen atoms in total. The zero-order chi connectivity index (χ0) is 18.8. The Hall–Kier alpha value is -2.90. The first-order valence-corrected chi connectivity index (χ1v) is 8.18. The van der Waals surface area contributed by atoms with Gasteiger partial charge in [-0.3, -0.25) is 9.59 Å². The fourth-order valence-electron chi connectivity index (χ4n) is 2.26. The van der Waals surface area contributed by atoms with Crippen LogP contribution in [0, 0.1) is 0 Å². The molecule has 3 N–H and O–H groups in total. The van der Waals surface area contributed by atoms with Crippen LogP contribution in [0.4, 0.5) is 11.4 Å². The number of nitrogens with one attached hydrogen (secondary N) is 3. The number of carbonyl (C=O) groups excluding carboxylic acids is 2. The van der Waals surface area contributed by atoms with Crippen molar-refractivity contribution in [3.8, 4) is 5.75 Å². The first-order valence-electron chi connectivity index (χ1n) is 8.18. The molecular weight excluding hydrogens is 334 g/mol. The van der Waals surface area contributed by atoms with Crippen molar-refractivity contribution in [3.63, 3.8) is 0 Å². The van der Waals surface area contributed by atoms with Gasteiger partial charge in [-0.2, -0.15) is 0 Å². The summed E-state index contributed by atoms with van der Waals surface area (Å²) in [5, 5.41) is 8.51. The third-order valence-corrected chi connectivity index (χ3v) is 3.54. The summed E-state index contributed by atoms with van der Waals surface area (Å²) in [5.41, 5.74) is 1.43. The van der Waals surface area contributed by atoms with E-state index in [9.17, 15) is 9.59 Å². The van der Waals surface area contributed by atoms with Crippen molar-refractivity contribution in [2.45, 2.75) is 0 Å². The second-order valence-corrected chi connectivity index (χ2v) is 5.45. The number of ether oxygens (including phenoxy) is 2. The summed E-state index contributed by atoms with van der Waals surface area (Å²) < 4.78 is 10.1. The smallest absolute Gasteiger partial charge is 0.257 e. The summed E-state index contributed by atoms with van der Waals surface area (Å²) in [6.45, 7) is 1.23. The fraction of sp³-hybridized carbons (Fsp3) is 0.263. The van der Waals surface area contributed by atoms with Crippen LogP contribution in [-0.2, 0) is 9.53 Å². The molecule has 7 heteroatoms. The predicted molar refractivity (Wildman–Crippen MR) is 101 cm³/mol. The Morgan fingerprint density at radius 1 is 1.00 bits per heavy atom. The van der Waals surface area contributed by atoms with Crippen molar-refractivity contribution >= 4 is 23.2 Å². The normalized spacial score (nSPS) is 10.2. The molecule has 0 spiro atoms. The average Bonchev–Trinajstić information content (AvgIpc) is 2.66. The van der Waals surface area contributed by atoms with Crippen LogP contribution in [0.1, 0.15) is 10.4 Å². The van der Waals surface area contributed by atoms with E-state index in [0.29, 0.717) is 35.8 Å². The minimum Gasteiger partial charge on any atom is -0.497 e. The quantitative estimate of drug-likeness (QED) is 0.598. The Kier molecular flexibility index (Phi) is 7.60. The second-order valence-electron chi connectivity index (χ2n) is 5.45. The first kappa shape index (κ1) is 19.4. The third-order valence-electron chi connectivity index (χ3n) is 3.54. The second kappa shape index (κ2) is 10.2. The van der Waals surface area contributed by atoms with Crippen molar-refractivity contribution in [1.82, 2.24) is 5.32 Å². The minimum atomic E-state index is -0.318. The zero-order valence-corrected chi connectivity index (χ0v) is 14.9. The Morgan fingerprint density at radius 2 is 1.81 bits per heavy atom. The van der Waals surface area contributed by atoms with Gasteiger partial charge in [0.05, 0.1) is 31.5 Å². The van der Waals surface area contributed by atoms with Crippen molar-refractivity contribution in [1.29, 1.82) is 0 Å². The van der Waals surface area contributed by atoms with Gasteiger partial charge in [-0.05, 0) is 24.3 Å². The van der Waals surface area contributed by atoms with Crippen LogP contribution in [0.15, 0.2) is 48.5 Å². The van der Waals surface area contributed by atoms with Crippen LogP contribution in [0.5, 0.6) is 5.75 Å². The topological polar surface area (TPSA) is 88.7 Å². The molecule has 0 aliphatic rings. The number of carbonyl (C=O) groups is 2. The highest BCUT2D eigenvalue weighted by Crippen LogP contribution is 2.20. The fourth-order valence-corrected chi connectivity index (χ4v) is 2.26. The van der Waals surface area contributed by atoms with Crippen molar-refractivity contribution in [2.24, 2.45) is 0 Å². The number of hydrogen-bond acceptors (Lipinski definition) is 5. The van der Waals surface area contributed by atoms with Crippen molar-refractivity contribution in [3.05, 3.63) is 54.1 Å². The number of para-hydroxylation sites is 1. The van der Waals surface area contributed by atoms with Gasteiger partial charge in [-0.25, -0.2) is 0 Å². The SMILES string of the molecule is COCCNCC(=O)Nc1ccccc1C(=O)Nc1cccc(OC)c1. The van der Waals surface area contributed by atoms with Crippen LogP contribution in [0.25, 0.3) is 0 Å². The largest absolute Gasteiger partial charge is 0.497 e. The molecule has 138 valence electrons. The van der Waals surface area contributed by atoms with E-state index in [1.54, 1.807) is 62.8 Å². The molecule has 0 aliphatic carbocycles. The van der Waals surface area contributed by atoms with E-state index < -0.39 is 0 Å². The summed E-state index contributed by atoms with van der Waals surface area (Å²) >= 11 is 0. The van der Waals surface area contributed by atoms with Crippen molar-refractivity contribution < 1.29 is 19.1 Å². The molecule has 0 aliphatic heterocycles. The van der Waals surface area contributed by atoms with Crippen LogP contribution in [-0.4, -0.2) is 45.7 Å². The zero-order valence-electron chi connectivity index (χ0n) is 14.9. The lowest BCUT2D eigenvalue weighted by molar-refractivity contribution is -0.115. The van der Waals surface area contributed by atoms with Crippen LogP contribution in [0.3, 0.4) is 0 Å². The molecular formula is C19H23N3O4. The molecule has 2 aromatic carbocycles. The lowest BCUT2D eigenvalue weighted by atomic mass is 10.1. The lowest BCUT2D eigenvalue weighted by Gasteiger charge is -2.12. The highest BCUT2D eigenvalue weighted by Gasteiger charge is 2.13. The van der Waals surface area contributed by atoms with E-state index in [0.717, 1.165) is 0 Å². The lowest BCUT2D eigenvalue weighted by Crippen LogP contribution is -2.31. The maximum atomic E-state index is 12.6. The minimum absolute atomic E-state index is 0.134. The molecule has 0 fully saturated rings. The molecule has 0 unspecified atom stereocenters. The van der Waals surface area contributed by atoms with Gasteiger partial charge in [0.25, 0.3) is 5.91 Å². The maximum absolute atomic E-state index is 12.6. The highest BCUT2D eigenvalue weighted by atomic mass is 16.5. The number of rotatable bonds is 9. The number of hydrogen-bond donors (Lipinski definition) is 3. The summed E-state index contributed by atoms with van der Waals surface area (Å²) in [4.78, 5) is 24.6. The summed E-state index contributed by atoms with van der Waals surface area (Å²) in [5.74, 6) is 0.0933. The molecule has 0 bridgehead atoms. The van der Waals surface area contributed by atoms with Gasteiger partial charge >= 0.3 is 0 Å². The highest BCUT2D eigenvalue weighted by molar-refractivity contribution is 6.10. The number of methoxy groups -OCH3 is 2. The maximum Gasteiger partial charge on any atom is 0.257 e. The van der Waals surface area contributed by atoms with Gasteiger partial charge < -0.3 is 25.4 Å². The molecule has 2 aromatic rings. The number of amides is 2. The molecule has 0 saturated carbocycles. The van der Waals surface area contributed by atoms with Crippen LogP contribution >= 0.6 is 0 Å². The Morgan fingerprint density at radius 3 is 2.58 bits per heavy atom. The third kappa shape index (κ3) is 5.87. The average molecular weight is 357 g/mol. The standard InChI is InChI=1S/C19H23N3O4/c1-25-11-10-20-13-18(23)22-17-9-4-3-8-16(17)19(24)21-14-6-5-7-15(12-14)26-2/h3-9,12,20H,10-11,13H2,1-2H3,(H,21,24)(H,22,23). The molecule has 0 radical (unpaired) electrons. The molecule has 0 aromatic heterocycles. The Labute approximate surface area is 152 Å². The number of benzene rings is 2. The molecule has 26 heavy (non-hydrogen) atoms. The monoisotopic (exact) mass is 357 g/mol. The summed E-state index contributed by atoms with van der Waals surface area (Å²) in [6.07, 6.45) is 0. The van der Waals surface area contributed by atoms with Gasteiger partial charge in [-0.1, -0.05) is 18.2 Å². The molecule has 0 heterocycles. The van der Waals surface area contributed by atoms with E-state index in [1.165, 1.54) is 0 Å². The van der Waals surface area contributed by atoms with Crippen molar-refractivity contribution in [2.75, 3.05) is 44.5 Å². The van der Waals surface area contributed by atoms with Gasteiger partial charge in [0.15, 0.2) is 0 Å². The summed E-state index contributed by atoms with van der Waals surface area (Å²) in [7, 11) is 3.16. The van der Waals surface area contributed by atoms with Crippen LogP contribution in [0.2, 0.25) is 0 Å². The van der Waals surface area contributed by atoms with Gasteiger partial charge in [-0.15, -0.1) is 0 Å². The molecule has 0 atom stereocenters.